The highest BCUT2D eigenvalue weighted by Gasteiger charge is 2.16. The van der Waals surface area contributed by atoms with Crippen molar-refractivity contribution in [2.45, 2.75) is 169 Å². The fourth-order valence-corrected chi connectivity index (χ4v) is 4.83. The van der Waals surface area contributed by atoms with Crippen LogP contribution in [0.3, 0.4) is 0 Å². The molecule has 0 heterocycles. The molecule has 0 saturated heterocycles. The zero-order valence-electron chi connectivity index (χ0n) is 20.7. The second kappa shape index (κ2) is 23.3. The van der Waals surface area contributed by atoms with Crippen LogP contribution in [0.25, 0.3) is 0 Å². The first-order valence-corrected chi connectivity index (χ1v) is 13.8. The summed E-state index contributed by atoms with van der Waals surface area (Å²) in [6.45, 7) is 9.37. The quantitative estimate of drug-likeness (QED) is 0.151. The van der Waals surface area contributed by atoms with Gasteiger partial charge >= 0.3 is 0 Å². The van der Waals surface area contributed by atoms with Gasteiger partial charge in [-0.2, -0.15) is 0 Å². The molecule has 0 nitrogen and oxygen atoms in total. The Morgan fingerprint density at radius 3 is 1.00 bits per heavy atom. The van der Waals surface area contributed by atoms with Crippen molar-refractivity contribution in [3.63, 3.8) is 0 Å². The zero-order valence-corrected chi connectivity index (χ0v) is 20.7. The van der Waals surface area contributed by atoms with Gasteiger partial charge in [0.15, 0.2) is 0 Å². The fourth-order valence-electron chi connectivity index (χ4n) is 4.83. The number of hydrogen-bond donors (Lipinski definition) is 0. The van der Waals surface area contributed by atoms with E-state index in [1.165, 1.54) is 135 Å². The molecule has 170 valence electrons. The van der Waals surface area contributed by atoms with E-state index < -0.39 is 0 Å². The molecule has 0 aliphatic heterocycles. The van der Waals surface area contributed by atoms with E-state index in [2.05, 4.69) is 27.7 Å². The monoisotopic (exact) mass is 394 g/mol. The zero-order chi connectivity index (χ0) is 20.7. The first kappa shape index (κ1) is 28.0. The van der Waals surface area contributed by atoms with E-state index in [4.69, 9.17) is 0 Å². The first-order chi connectivity index (χ1) is 13.8. The van der Waals surface area contributed by atoms with Crippen LogP contribution in [0, 0.1) is 11.8 Å². The van der Waals surface area contributed by atoms with Gasteiger partial charge in [-0.05, 0) is 18.3 Å². The van der Waals surface area contributed by atoms with Crippen molar-refractivity contribution in [1.82, 2.24) is 0 Å². The van der Waals surface area contributed by atoms with Gasteiger partial charge in [0.25, 0.3) is 0 Å². The summed E-state index contributed by atoms with van der Waals surface area (Å²) >= 11 is 0. The minimum atomic E-state index is 1.03. The Kier molecular flexibility index (Phi) is 23.3. The highest BCUT2D eigenvalue weighted by Crippen LogP contribution is 2.30. The lowest BCUT2D eigenvalue weighted by atomic mass is 9.82. The average molecular weight is 395 g/mol. The topological polar surface area (TPSA) is 0 Å². The summed E-state index contributed by atoms with van der Waals surface area (Å²) in [4.78, 5) is 0. The van der Waals surface area contributed by atoms with Crippen LogP contribution >= 0.6 is 0 Å². The second-order valence-electron chi connectivity index (χ2n) is 9.72. The smallest absolute Gasteiger partial charge is 0.0412 e. The predicted octanol–water partition coefficient (Wildman–Crippen LogP) is 10.9. The van der Waals surface area contributed by atoms with Crippen molar-refractivity contribution in [2.24, 2.45) is 11.8 Å². The third kappa shape index (κ3) is 19.3. The summed E-state index contributed by atoms with van der Waals surface area (Å²) in [7, 11) is 0. The minimum Gasteiger partial charge on any atom is -0.0654 e. The van der Waals surface area contributed by atoms with Gasteiger partial charge < -0.3 is 0 Å². The average Bonchev–Trinajstić information content (AvgIpc) is 2.71. The van der Waals surface area contributed by atoms with Crippen molar-refractivity contribution in [1.29, 1.82) is 0 Å². The molecule has 0 radical (unpaired) electrons. The summed E-state index contributed by atoms with van der Waals surface area (Å²) in [6, 6.07) is 0. The number of rotatable bonds is 23. The summed E-state index contributed by atoms with van der Waals surface area (Å²) in [5, 5.41) is 0. The van der Waals surface area contributed by atoms with Gasteiger partial charge in [-0.1, -0.05) is 163 Å². The maximum absolute atomic E-state index is 2.37. The molecule has 0 aliphatic rings. The standard InChI is InChI=1S/C28H58/c1-5-9-13-16-18-21-24-27(22-12-8-4)26-28(23-19-15-11-7-3)25-20-17-14-10-6-2/h27-28H,5-26H2,1-4H3. The van der Waals surface area contributed by atoms with Crippen LogP contribution < -0.4 is 0 Å². The summed E-state index contributed by atoms with van der Waals surface area (Å²) in [5.74, 6) is 2.05. The van der Waals surface area contributed by atoms with Crippen molar-refractivity contribution in [2.75, 3.05) is 0 Å². The van der Waals surface area contributed by atoms with E-state index in [1.807, 2.05) is 0 Å². The highest BCUT2D eigenvalue weighted by molar-refractivity contribution is 4.69. The van der Waals surface area contributed by atoms with Crippen LogP contribution in [0.2, 0.25) is 0 Å². The number of hydrogen-bond acceptors (Lipinski definition) is 0. The molecule has 0 fully saturated rings. The molecule has 0 spiro atoms. The number of unbranched alkanes of at least 4 members (excludes halogenated alkanes) is 13. The third-order valence-corrected chi connectivity index (χ3v) is 6.78. The van der Waals surface area contributed by atoms with Gasteiger partial charge in [-0.25, -0.2) is 0 Å². The van der Waals surface area contributed by atoms with Crippen molar-refractivity contribution >= 4 is 0 Å². The van der Waals surface area contributed by atoms with Gasteiger partial charge in [0.2, 0.25) is 0 Å². The fraction of sp³-hybridized carbons (Fsp3) is 1.00. The van der Waals surface area contributed by atoms with Crippen LogP contribution in [-0.2, 0) is 0 Å². The molecular weight excluding hydrogens is 336 g/mol. The molecule has 28 heavy (non-hydrogen) atoms. The Bertz CT molecular complexity index is 269. The Hall–Kier alpha value is 0. The molecule has 0 aliphatic carbocycles. The lowest BCUT2D eigenvalue weighted by Crippen LogP contribution is -2.10. The predicted molar refractivity (Wildman–Crippen MR) is 131 cm³/mol. The minimum absolute atomic E-state index is 1.03. The van der Waals surface area contributed by atoms with Crippen LogP contribution in [0.4, 0.5) is 0 Å². The van der Waals surface area contributed by atoms with Crippen molar-refractivity contribution in [3.05, 3.63) is 0 Å². The van der Waals surface area contributed by atoms with E-state index in [0.29, 0.717) is 0 Å². The van der Waals surface area contributed by atoms with Crippen LogP contribution in [0.5, 0.6) is 0 Å². The maximum Gasteiger partial charge on any atom is -0.0412 e. The van der Waals surface area contributed by atoms with Gasteiger partial charge in [-0.15, -0.1) is 0 Å². The van der Waals surface area contributed by atoms with Gasteiger partial charge in [0.05, 0.1) is 0 Å². The first-order valence-electron chi connectivity index (χ1n) is 13.8. The third-order valence-electron chi connectivity index (χ3n) is 6.78. The Morgan fingerprint density at radius 2 is 0.607 bits per heavy atom. The van der Waals surface area contributed by atoms with Crippen LogP contribution in [0.1, 0.15) is 169 Å². The Balaban J connectivity index is 4.33. The van der Waals surface area contributed by atoms with E-state index in [1.54, 1.807) is 6.42 Å². The van der Waals surface area contributed by atoms with Gasteiger partial charge in [0, 0.05) is 0 Å². The van der Waals surface area contributed by atoms with Crippen molar-refractivity contribution in [3.8, 4) is 0 Å². The van der Waals surface area contributed by atoms with Gasteiger partial charge in [-0.3, -0.25) is 0 Å². The lowest BCUT2D eigenvalue weighted by molar-refractivity contribution is 0.284. The molecule has 2 atom stereocenters. The molecular formula is C28H58. The molecule has 0 N–H and O–H groups in total. The molecule has 0 aromatic rings. The molecule has 2 unspecified atom stereocenters. The molecule has 0 aromatic heterocycles. The van der Waals surface area contributed by atoms with E-state index in [0.717, 1.165) is 11.8 Å². The summed E-state index contributed by atoms with van der Waals surface area (Å²) in [5.41, 5.74) is 0. The van der Waals surface area contributed by atoms with Crippen LogP contribution in [0.15, 0.2) is 0 Å². The second-order valence-corrected chi connectivity index (χ2v) is 9.72. The molecule has 0 heteroatoms. The Labute approximate surface area is 181 Å². The largest absolute Gasteiger partial charge is 0.0654 e. The molecule has 0 bridgehead atoms. The Morgan fingerprint density at radius 1 is 0.321 bits per heavy atom. The summed E-state index contributed by atoms with van der Waals surface area (Å²) in [6.07, 6.45) is 32.2. The lowest BCUT2D eigenvalue weighted by Gasteiger charge is -2.24. The summed E-state index contributed by atoms with van der Waals surface area (Å²) < 4.78 is 0. The molecule has 0 saturated carbocycles. The highest BCUT2D eigenvalue weighted by atomic mass is 14.2. The molecule has 0 rings (SSSR count). The van der Waals surface area contributed by atoms with Crippen LogP contribution in [-0.4, -0.2) is 0 Å². The SMILES string of the molecule is CCCCCCCCC(CCCC)CC(CCCCCC)CCCCCCC. The van der Waals surface area contributed by atoms with E-state index in [9.17, 15) is 0 Å². The van der Waals surface area contributed by atoms with E-state index in [-0.39, 0.29) is 0 Å². The van der Waals surface area contributed by atoms with E-state index >= 15 is 0 Å². The van der Waals surface area contributed by atoms with Crippen molar-refractivity contribution < 1.29 is 0 Å². The molecule has 0 aromatic carbocycles. The normalized spacial score (nSPS) is 13.7. The molecule has 0 amide bonds. The van der Waals surface area contributed by atoms with Gasteiger partial charge in [0.1, 0.15) is 0 Å². The maximum atomic E-state index is 2.37.